The molecule has 0 heterocycles. The van der Waals surface area contributed by atoms with Crippen LogP contribution in [0.5, 0.6) is 5.75 Å². The number of nitrogens with one attached hydrogen (secondary N) is 1. The van der Waals surface area contributed by atoms with E-state index in [9.17, 15) is 4.79 Å². The number of rotatable bonds is 6. The molecule has 1 aliphatic rings. The number of hydrogen-bond donors (Lipinski definition) is 2. The lowest BCUT2D eigenvalue weighted by Gasteiger charge is -2.26. The van der Waals surface area contributed by atoms with E-state index in [1.54, 1.807) is 12.1 Å². The van der Waals surface area contributed by atoms with Crippen LogP contribution in [0.4, 0.5) is 5.69 Å². The quantitative estimate of drug-likeness (QED) is 0.773. The van der Waals surface area contributed by atoms with Crippen LogP contribution in [0.2, 0.25) is 0 Å². The van der Waals surface area contributed by atoms with Gasteiger partial charge in [0.05, 0.1) is 18.7 Å². The van der Waals surface area contributed by atoms with Gasteiger partial charge in [-0.1, -0.05) is 12.1 Å². The predicted octanol–water partition coefficient (Wildman–Crippen LogP) is 2.34. The van der Waals surface area contributed by atoms with Crippen LogP contribution >= 0.6 is 0 Å². The van der Waals surface area contributed by atoms with Gasteiger partial charge in [0, 0.05) is 5.54 Å². The van der Waals surface area contributed by atoms with Gasteiger partial charge in [0.25, 0.3) is 0 Å². The zero-order valence-corrected chi connectivity index (χ0v) is 11.6. The van der Waals surface area contributed by atoms with Crippen molar-refractivity contribution in [1.29, 1.82) is 0 Å². The highest BCUT2D eigenvalue weighted by atomic mass is 16.5. The van der Waals surface area contributed by atoms with Gasteiger partial charge < -0.3 is 15.8 Å². The topological polar surface area (TPSA) is 64.3 Å². The fourth-order valence-corrected chi connectivity index (χ4v) is 2.19. The van der Waals surface area contributed by atoms with Crippen LogP contribution in [0.25, 0.3) is 0 Å². The Morgan fingerprint density at radius 1 is 1.42 bits per heavy atom. The second-order valence-corrected chi connectivity index (χ2v) is 5.68. The smallest absolute Gasteiger partial charge is 0.223 e. The molecule has 4 heteroatoms. The Bertz CT molecular complexity index is 453. The highest BCUT2D eigenvalue weighted by Gasteiger charge is 2.38. The highest BCUT2D eigenvalue weighted by molar-refractivity contribution is 5.77. The lowest BCUT2D eigenvalue weighted by molar-refractivity contribution is -0.123. The summed E-state index contributed by atoms with van der Waals surface area (Å²) in [5, 5.41) is 3.07. The monoisotopic (exact) mass is 262 g/mol. The van der Waals surface area contributed by atoms with Gasteiger partial charge in [-0.15, -0.1) is 0 Å². The first-order valence-corrected chi connectivity index (χ1v) is 6.77. The van der Waals surface area contributed by atoms with Gasteiger partial charge in [-0.3, -0.25) is 4.79 Å². The van der Waals surface area contributed by atoms with E-state index in [-0.39, 0.29) is 11.4 Å². The van der Waals surface area contributed by atoms with Crippen LogP contribution in [0, 0.1) is 5.92 Å². The van der Waals surface area contributed by atoms with E-state index in [2.05, 4.69) is 19.2 Å². The normalized spacial score (nSPS) is 15.1. The SMILES string of the molecule is CC(C)(NC(=O)CCOc1ccccc1N)C1CC1. The largest absolute Gasteiger partial charge is 0.491 e. The van der Waals surface area contributed by atoms with Crippen molar-refractivity contribution in [2.75, 3.05) is 12.3 Å². The fourth-order valence-electron chi connectivity index (χ4n) is 2.19. The highest BCUT2D eigenvalue weighted by Crippen LogP contribution is 2.39. The summed E-state index contributed by atoms with van der Waals surface area (Å²) in [6, 6.07) is 7.31. The average molecular weight is 262 g/mol. The number of hydrogen-bond acceptors (Lipinski definition) is 3. The van der Waals surface area contributed by atoms with Gasteiger partial charge in [0.15, 0.2) is 0 Å². The standard InChI is InChI=1S/C15H22N2O2/c1-15(2,11-7-8-11)17-14(18)9-10-19-13-6-4-3-5-12(13)16/h3-6,11H,7-10,16H2,1-2H3,(H,17,18). The Labute approximate surface area is 114 Å². The summed E-state index contributed by atoms with van der Waals surface area (Å²) in [5.41, 5.74) is 6.27. The van der Waals surface area contributed by atoms with Crippen molar-refractivity contribution in [3.8, 4) is 5.75 Å². The van der Waals surface area contributed by atoms with E-state index in [1.165, 1.54) is 12.8 Å². The summed E-state index contributed by atoms with van der Waals surface area (Å²) in [5.74, 6) is 1.30. The molecular weight excluding hydrogens is 240 g/mol. The number of carbonyl (C=O) groups is 1. The number of para-hydroxylation sites is 2. The molecule has 1 aliphatic carbocycles. The maximum Gasteiger partial charge on any atom is 0.223 e. The van der Waals surface area contributed by atoms with Crippen molar-refractivity contribution in [2.45, 2.75) is 38.6 Å². The summed E-state index contributed by atoms with van der Waals surface area (Å²) >= 11 is 0. The summed E-state index contributed by atoms with van der Waals surface area (Å²) in [7, 11) is 0. The fraction of sp³-hybridized carbons (Fsp3) is 0.533. The minimum absolute atomic E-state index is 0.0337. The number of carbonyl (C=O) groups excluding carboxylic acids is 1. The second-order valence-electron chi connectivity index (χ2n) is 5.68. The molecule has 0 bridgehead atoms. The first-order chi connectivity index (χ1) is 8.99. The first-order valence-electron chi connectivity index (χ1n) is 6.77. The molecule has 1 aromatic carbocycles. The van der Waals surface area contributed by atoms with Gasteiger partial charge in [-0.25, -0.2) is 0 Å². The number of benzene rings is 1. The number of nitrogens with two attached hydrogens (primary N) is 1. The second kappa shape index (κ2) is 5.51. The van der Waals surface area contributed by atoms with Crippen LogP contribution in [-0.2, 0) is 4.79 Å². The molecule has 1 aromatic rings. The van der Waals surface area contributed by atoms with Crippen LogP contribution in [0.1, 0.15) is 33.1 Å². The Kier molecular flexibility index (Phi) is 3.98. The predicted molar refractivity (Wildman–Crippen MR) is 75.9 cm³/mol. The van der Waals surface area contributed by atoms with Crippen LogP contribution in [-0.4, -0.2) is 18.1 Å². The Morgan fingerprint density at radius 2 is 2.11 bits per heavy atom. The molecule has 3 N–H and O–H groups in total. The van der Waals surface area contributed by atoms with Crippen molar-refractivity contribution in [3.63, 3.8) is 0 Å². The molecule has 19 heavy (non-hydrogen) atoms. The number of amides is 1. The molecule has 0 unspecified atom stereocenters. The Balaban J connectivity index is 1.73. The zero-order chi connectivity index (χ0) is 13.9. The summed E-state index contributed by atoms with van der Waals surface area (Å²) in [6.45, 7) is 4.51. The molecule has 1 fully saturated rings. The summed E-state index contributed by atoms with van der Waals surface area (Å²) in [6.07, 6.45) is 2.78. The van der Waals surface area contributed by atoms with E-state index in [0.717, 1.165) is 0 Å². The van der Waals surface area contributed by atoms with E-state index in [4.69, 9.17) is 10.5 Å². The molecule has 4 nitrogen and oxygen atoms in total. The molecule has 2 rings (SSSR count). The third-order valence-corrected chi connectivity index (χ3v) is 3.57. The molecule has 1 saturated carbocycles. The van der Waals surface area contributed by atoms with Crippen molar-refractivity contribution in [3.05, 3.63) is 24.3 Å². The maximum absolute atomic E-state index is 11.8. The first kappa shape index (κ1) is 13.7. The van der Waals surface area contributed by atoms with E-state index in [1.807, 2.05) is 12.1 Å². The van der Waals surface area contributed by atoms with Crippen LogP contribution in [0.3, 0.4) is 0 Å². The number of anilines is 1. The van der Waals surface area contributed by atoms with Crippen molar-refractivity contribution in [2.24, 2.45) is 5.92 Å². The van der Waals surface area contributed by atoms with Crippen LogP contribution in [0.15, 0.2) is 24.3 Å². The molecule has 0 saturated heterocycles. The molecule has 0 atom stereocenters. The van der Waals surface area contributed by atoms with Crippen molar-refractivity contribution >= 4 is 11.6 Å². The van der Waals surface area contributed by atoms with Gasteiger partial charge in [-0.2, -0.15) is 0 Å². The van der Waals surface area contributed by atoms with Gasteiger partial charge >= 0.3 is 0 Å². The molecule has 0 radical (unpaired) electrons. The Morgan fingerprint density at radius 3 is 2.74 bits per heavy atom. The molecule has 0 aromatic heterocycles. The molecule has 0 spiro atoms. The van der Waals surface area contributed by atoms with Crippen molar-refractivity contribution in [1.82, 2.24) is 5.32 Å². The maximum atomic E-state index is 11.8. The minimum Gasteiger partial charge on any atom is -0.491 e. The molecular formula is C15H22N2O2. The number of ether oxygens (including phenoxy) is 1. The number of nitrogen functional groups attached to an aromatic ring is 1. The lowest BCUT2D eigenvalue weighted by Crippen LogP contribution is -2.45. The Hall–Kier alpha value is -1.71. The summed E-state index contributed by atoms with van der Waals surface area (Å²) < 4.78 is 5.51. The zero-order valence-electron chi connectivity index (χ0n) is 11.6. The molecule has 104 valence electrons. The molecule has 1 amide bonds. The van der Waals surface area contributed by atoms with Gasteiger partial charge in [-0.05, 0) is 44.7 Å². The third kappa shape index (κ3) is 3.88. The van der Waals surface area contributed by atoms with Crippen molar-refractivity contribution < 1.29 is 9.53 Å². The lowest BCUT2D eigenvalue weighted by atomic mass is 9.98. The van der Waals surface area contributed by atoms with E-state index < -0.39 is 0 Å². The van der Waals surface area contributed by atoms with Crippen LogP contribution < -0.4 is 15.8 Å². The van der Waals surface area contributed by atoms with E-state index >= 15 is 0 Å². The average Bonchev–Trinajstić information content (AvgIpc) is 3.15. The minimum atomic E-state index is -0.0944. The van der Waals surface area contributed by atoms with E-state index in [0.29, 0.717) is 30.4 Å². The molecule has 0 aliphatic heterocycles. The van der Waals surface area contributed by atoms with Gasteiger partial charge in [0.2, 0.25) is 5.91 Å². The third-order valence-electron chi connectivity index (χ3n) is 3.57. The van der Waals surface area contributed by atoms with Gasteiger partial charge in [0.1, 0.15) is 5.75 Å². The summed E-state index contributed by atoms with van der Waals surface area (Å²) in [4.78, 5) is 11.8.